The summed E-state index contributed by atoms with van der Waals surface area (Å²) in [6.07, 6.45) is 1.32. The fraction of sp³-hybridized carbons (Fsp3) is 0.467. The summed E-state index contributed by atoms with van der Waals surface area (Å²) < 4.78 is 0. The Labute approximate surface area is 118 Å². The Hall–Kier alpha value is -1.88. The van der Waals surface area contributed by atoms with Gasteiger partial charge in [-0.05, 0) is 30.9 Å². The summed E-state index contributed by atoms with van der Waals surface area (Å²) in [5.74, 6) is -0.264. The number of rotatable bonds is 5. The summed E-state index contributed by atoms with van der Waals surface area (Å²) in [6.45, 7) is 3.98. The largest absolute Gasteiger partial charge is 0.396 e. The van der Waals surface area contributed by atoms with E-state index in [1.807, 2.05) is 24.3 Å². The van der Waals surface area contributed by atoms with Crippen molar-refractivity contribution in [2.75, 3.05) is 13.2 Å². The normalized spacial score (nSPS) is 22.2. The third-order valence-electron chi connectivity index (χ3n) is 3.75. The van der Waals surface area contributed by atoms with Gasteiger partial charge in [-0.25, -0.2) is 4.79 Å². The van der Waals surface area contributed by atoms with E-state index in [-0.39, 0.29) is 19.1 Å². The summed E-state index contributed by atoms with van der Waals surface area (Å²) in [5, 5.41) is 11.6. The van der Waals surface area contributed by atoms with Gasteiger partial charge in [-0.1, -0.05) is 31.2 Å². The van der Waals surface area contributed by atoms with E-state index in [1.54, 1.807) is 6.92 Å². The summed E-state index contributed by atoms with van der Waals surface area (Å²) >= 11 is 0. The zero-order valence-corrected chi connectivity index (χ0v) is 11.8. The molecule has 1 aliphatic heterocycles. The molecule has 1 atom stereocenters. The lowest BCUT2D eigenvalue weighted by atomic mass is 9.91. The number of hydrogen-bond donors (Lipinski definition) is 2. The topological polar surface area (TPSA) is 69.6 Å². The van der Waals surface area contributed by atoms with E-state index in [9.17, 15) is 9.59 Å². The van der Waals surface area contributed by atoms with Gasteiger partial charge in [-0.3, -0.25) is 9.69 Å². The lowest BCUT2D eigenvalue weighted by molar-refractivity contribution is -0.131. The maximum absolute atomic E-state index is 12.5. The Morgan fingerprint density at radius 1 is 1.25 bits per heavy atom. The van der Waals surface area contributed by atoms with Gasteiger partial charge in [0, 0.05) is 13.2 Å². The number of aryl methyl sites for hydroxylation is 1. The van der Waals surface area contributed by atoms with E-state index in [0.29, 0.717) is 6.42 Å². The summed E-state index contributed by atoms with van der Waals surface area (Å²) in [5.41, 5.74) is 0.949. The van der Waals surface area contributed by atoms with Crippen molar-refractivity contribution >= 4 is 11.9 Å². The Morgan fingerprint density at radius 3 is 2.45 bits per heavy atom. The van der Waals surface area contributed by atoms with Gasteiger partial charge in [0.25, 0.3) is 5.91 Å². The highest BCUT2D eigenvalue weighted by Crippen LogP contribution is 2.29. The van der Waals surface area contributed by atoms with Gasteiger partial charge >= 0.3 is 6.03 Å². The predicted molar refractivity (Wildman–Crippen MR) is 75.1 cm³/mol. The molecule has 20 heavy (non-hydrogen) atoms. The van der Waals surface area contributed by atoms with E-state index in [0.717, 1.165) is 12.0 Å². The number of aliphatic hydroxyl groups is 1. The van der Waals surface area contributed by atoms with Crippen LogP contribution >= 0.6 is 0 Å². The van der Waals surface area contributed by atoms with E-state index in [1.165, 1.54) is 10.5 Å². The van der Waals surface area contributed by atoms with Gasteiger partial charge in [-0.15, -0.1) is 0 Å². The van der Waals surface area contributed by atoms with Crippen molar-refractivity contribution in [3.8, 4) is 0 Å². The van der Waals surface area contributed by atoms with Gasteiger partial charge in [0.1, 0.15) is 5.54 Å². The van der Waals surface area contributed by atoms with Crippen LogP contribution < -0.4 is 5.32 Å². The maximum atomic E-state index is 12.5. The molecular formula is C15H20N2O3. The second-order valence-electron chi connectivity index (χ2n) is 5.14. The fourth-order valence-corrected chi connectivity index (χ4v) is 2.40. The number of nitrogens with one attached hydrogen (secondary N) is 1. The number of carbonyl (C=O) groups excluding carboxylic acids is 2. The molecule has 0 radical (unpaired) electrons. The number of aliphatic hydroxyl groups excluding tert-OH is 1. The number of imide groups is 1. The van der Waals surface area contributed by atoms with Gasteiger partial charge < -0.3 is 10.4 Å². The molecule has 1 saturated heterocycles. The van der Waals surface area contributed by atoms with Crippen molar-refractivity contribution in [2.45, 2.75) is 32.2 Å². The SMILES string of the molecule is CCc1ccc(C2(C)NC(=O)N(CCCO)C2=O)cc1. The van der Waals surface area contributed by atoms with Crippen LogP contribution in [0.1, 0.15) is 31.4 Å². The maximum Gasteiger partial charge on any atom is 0.325 e. The lowest BCUT2D eigenvalue weighted by Crippen LogP contribution is -2.41. The van der Waals surface area contributed by atoms with Crippen LogP contribution in [0.2, 0.25) is 0 Å². The Bertz CT molecular complexity index is 512. The van der Waals surface area contributed by atoms with Crippen molar-refractivity contribution in [3.63, 3.8) is 0 Å². The van der Waals surface area contributed by atoms with Crippen LogP contribution in [0.3, 0.4) is 0 Å². The van der Waals surface area contributed by atoms with Gasteiger partial charge in [0.2, 0.25) is 0 Å². The quantitative estimate of drug-likeness (QED) is 0.799. The highest BCUT2D eigenvalue weighted by atomic mass is 16.3. The molecule has 0 aliphatic carbocycles. The monoisotopic (exact) mass is 276 g/mol. The molecule has 5 nitrogen and oxygen atoms in total. The van der Waals surface area contributed by atoms with Gasteiger partial charge in [0.15, 0.2) is 0 Å². The van der Waals surface area contributed by atoms with E-state index < -0.39 is 11.6 Å². The molecule has 108 valence electrons. The number of hydrogen-bond acceptors (Lipinski definition) is 3. The fourth-order valence-electron chi connectivity index (χ4n) is 2.40. The van der Waals surface area contributed by atoms with Gasteiger partial charge in [-0.2, -0.15) is 0 Å². The lowest BCUT2D eigenvalue weighted by Gasteiger charge is -2.22. The third kappa shape index (κ3) is 2.41. The van der Waals surface area contributed by atoms with Crippen LogP contribution in [-0.2, 0) is 16.8 Å². The number of amides is 3. The van der Waals surface area contributed by atoms with Crippen LogP contribution in [0, 0.1) is 0 Å². The first-order valence-electron chi connectivity index (χ1n) is 6.87. The average molecular weight is 276 g/mol. The van der Waals surface area contributed by atoms with Gasteiger partial charge in [0.05, 0.1) is 0 Å². The number of benzene rings is 1. The highest BCUT2D eigenvalue weighted by molar-refractivity contribution is 6.07. The van der Waals surface area contributed by atoms with E-state index in [2.05, 4.69) is 12.2 Å². The second kappa shape index (κ2) is 5.63. The molecule has 1 aromatic rings. The van der Waals surface area contributed by atoms with Crippen LogP contribution in [0.5, 0.6) is 0 Å². The minimum Gasteiger partial charge on any atom is -0.396 e. The van der Waals surface area contributed by atoms with Crippen LogP contribution in [0.15, 0.2) is 24.3 Å². The minimum absolute atomic E-state index is 0.0427. The first-order valence-corrected chi connectivity index (χ1v) is 6.87. The Balaban J connectivity index is 2.25. The number of nitrogens with zero attached hydrogens (tertiary/aromatic N) is 1. The first kappa shape index (κ1) is 14.5. The van der Waals surface area contributed by atoms with Crippen LogP contribution in [0.25, 0.3) is 0 Å². The van der Waals surface area contributed by atoms with Crippen molar-refractivity contribution in [2.24, 2.45) is 0 Å². The average Bonchev–Trinajstić information content (AvgIpc) is 2.68. The third-order valence-corrected chi connectivity index (χ3v) is 3.75. The predicted octanol–water partition coefficient (Wildman–Crippen LogP) is 1.40. The first-order chi connectivity index (χ1) is 9.52. The number of urea groups is 1. The smallest absolute Gasteiger partial charge is 0.325 e. The van der Waals surface area contributed by atoms with Crippen molar-refractivity contribution in [1.29, 1.82) is 0 Å². The molecule has 3 amide bonds. The number of carbonyl (C=O) groups is 2. The molecule has 1 unspecified atom stereocenters. The van der Waals surface area contributed by atoms with Crippen LogP contribution in [-0.4, -0.2) is 35.1 Å². The minimum atomic E-state index is -1.02. The summed E-state index contributed by atoms with van der Waals surface area (Å²) in [7, 11) is 0. The molecule has 2 rings (SSSR count). The summed E-state index contributed by atoms with van der Waals surface area (Å²) in [4.78, 5) is 25.5. The molecule has 1 aromatic carbocycles. The standard InChI is InChI=1S/C15H20N2O3/c1-3-11-5-7-12(8-6-11)15(2)13(19)17(9-4-10-18)14(20)16-15/h5-8,18H,3-4,9-10H2,1-2H3,(H,16,20). The second-order valence-corrected chi connectivity index (χ2v) is 5.14. The van der Waals surface area contributed by atoms with Crippen molar-refractivity contribution in [1.82, 2.24) is 10.2 Å². The van der Waals surface area contributed by atoms with E-state index >= 15 is 0 Å². The molecule has 0 spiro atoms. The Kier molecular flexibility index (Phi) is 4.09. The van der Waals surface area contributed by atoms with E-state index in [4.69, 9.17) is 5.11 Å². The molecule has 0 saturated carbocycles. The highest BCUT2D eigenvalue weighted by Gasteiger charge is 2.48. The Morgan fingerprint density at radius 2 is 1.90 bits per heavy atom. The summed E-state index contributed by atoms with van der Waals surface area (Å²) in [6, 6.07) is 7.30. The molecule has 1 aliphatic rings. The molecular weight excluding hydrogens is 256 g/mol. The van der Waals surface area contributed by atoms with Crippen molar-refractivity contribution < 1.29 is 14.7 Å². The molecule has 2 N–H and O–H groups in total. The van der Waals surface area contributed by atoms with Crippen LogP contribution in [0.4, 0.5) is 4.79 Å². The molecule has 0 aromatic heterocycles. The molecule has 0 bridgehead atoms. The molecule has 1 heterocycles. The zero-order chi connectivity index (χ0) is 14.8. The molecule has 5 heteroatoms. The zero-order valence-electron chi connectivity index (χ0n) is 11.8. The van der Waals surface area contributed by atoms with Crippen molar-refractivity contribution in [3.05, 3.63) is 35.4 Å². The molecule has 1 fully saturated rings.